The van der Waals surface area contributed by atoms with Crippen molar-refractivity contribution in [3.05, 3.63) is 17.0 Å². The molecule has 0 aliphatic rings. The number of aromatic nitrogens is 1. The molecule has 0 amide bonds. The normalized spacial score (nSPS) is 13.6. The third-order valence-electron chi connectivity index (χ3n) is 1.51. The SMILES string of the molecule is Cc1noc(C)c1C(C)S. The van der Waals surface area contributed by atoms with Crippen LogP contribution in [-0.2, 0) is 0 Å². The van der Waals surface area contributed by atoms with E-state index in [0.717, 1.165) is 17.0 Å². The summed E-state index contributed by atoms with van der Waals surface area (Å²) in [6.07, 6.45) is 0. The summed E-state index contributed by atoms with van der Waals surface area (Å²) in [5.41, 5.74) is 2.06. The highest BCUT2D eigenvalue weighted by molar-refractivity contribution is 7.80. The Balaban J connectivity index is 3.10. The molecular weight excluding hydrogens is 146 g/mol. The molecular formula is C7H11NOS. The third kappa shape index (κ3) is 1.19. The Morgan fingerprint density at radius 1 is 1.50 bits per heavy atom. The average molecular weight is 157 g/mol. The van der Waals surface area contributed by atoms with Crippen LogP contribution in [-0.4, -0.2) is 5.16 Å². The maximum atomic E-state index is 4.96. The second-order valence-corrected chi connectivity index (χ2v) is 3.19. The Morgan fingerprint density at radius 3 is 2.30 bits per heavy atom. The van der Waals surface area contributed by atoms with E-state index in [0.29, 0.717) is 0 Å². The Labute approximate surface area is 66.0 Å². The summed E-state index contributed by atoms with van der Waals surface area (Å²) in [6, 6.07) is 0. The molecule has 1 rings (SSSR count). The Hall–Kier alpha value is -0.440. The van der Waals surface area contributed by atoms with E-state index in [2.05, 4.69) is 17.8 Å². The predicted octanol–water partition coefficient (Wildman–Crippen LogP) is 2.28. The lowest BCUT2D eigenvalue weighted by atomic mass is 10.1. The van der Waals surface area contributed by atoms with Gasteiger partial charge in [0.15, 0.2) is 0 Å². The number of hydrogen-bond acceptors (Lipinski definition) is 3. The van der Waals surface area contributed by atoms with E-state index in [9.17, 15) is 0 Å². The van der Waals surface area contributed by atoms with Crippen molar-refractivity contribution in [3.63, 3.8) is 0 Å². The largest absolute Gasteiger partial charge is 0.361 e. The zero-order chi connectivity index (χ0) is 7.72. The lowest BCUT2D eigenvalue weighted by molar-refractivity contribution is 0.392. The molecule has 0 fully saturated rings. The molecule has 3 heteroatoms. The molecule has 0 aliphatic carbocycles. The molecule has 1 atom stereocenters. The molecule has 0 bridgehead atoms. The first-order valence-electron chi connectivity index (χ1n) is 3.23. The topological polar surface area (TPSA) is 26.0 Å². The molecule has 1 unspecified atom stereocenters. The van der Waals surface area contributed by atoms with Crippen LogP contribution in [0.1, 0.15) is 29.2 Å². The lowest BCUT2D eigenvalue weighted by Gasteiger charge is -2.00. The van der Waals surface area contributed by atoms with Crippen LogP contribution in [0.5, 0.6) is 0 Å². The van der Waals surface area contributed by atoms with Crippen LogP contribution in [0.3, 0.4) is 0 Å². The molecule has 10 heavy (non-hydrogen) atoms. The van der Waals surface area contributed by atoms with Gasteiger partial charge in [0, 0.05) is 10.8 Å². The van der Waals surface area contributed by atoms with Gasteiger partial charge < -0.3 is 4.52 Å². The summed E-state index contributed by atoms with van der Waals surface area (Å²) >= 11 is 4.29. The Bertz CT molecular complexity index is 210. The predicted molar refractivity (Wildman–Crippen MR) is 43.4 cm³/mol. The monoisotopic (exact) mass is 157 g/mol. The fourth-order valence-electron chi connectivity index (χ4n) is 1.09. The molecule has 1 heterocycles. The highest BCUT2D eigenvalue weighted by Gasteiger charge is 2.11. The molecule has 0 aromatic carbocycles. The minimum Gasteiger partial charge on any atom is -0.361 e. The van der Waals surface area contributed by atoms with Gasteiger partial charge in [0.2, 0.25) is 0 Å². The first-order chi connectivity index (χ1) is 4.63. The number of aryl methyl sites for hydroxylation is 2. The number of nitrogens with zero attached hydrogens (tertiary/aromatic N) is 1. The van der Waals surface area contributed by atoms with Crippen LogP contribution >= 0.6 is 12.6 Å². The minimum atomic E-state index is 0.214. The molecule has 0 spiro atoms. The molecule has 0 aliphatic heterocycles. The van der Waals surface area contributed by atoms with Crippen LogP contribution < -0.4 is 0 Å². The maximum Gasteiger partial charge on any atom is 0.138 e. The number of hydrogen-bond donors (Lipinski definition) is 1. The van der Waals surface area contributed by atoms with Gasteiger partial charge in [0.25, 0.3) is 0 Å². The van der Waals surface area contributed by atoms with Crippen molar-refractivity contribution in [2.24, 2.45) is 0 Å². The van der Waals surface area contributed by atoms with Crippen molar-refractivity contribution in [1.82, 2.24) is 5.16 Å². The van der Waals surface area contributed by atoms with E-state index < -0.39 is 0 Å². The zero-order valence-electron chi connectivity index (χ0n) is 6.38. The van der Waals surface area contributed by atoms with Gasteiger partial charge in [0.05, 0.1) is 5.69 Å². The van der Waals surface area contributed by atoms with Crippen LogP contribution in [0, 0.1) is 13.8 Å². The molecule has 0 N–H and O–H groups in total. The lowest BCUT2D eigenvalue weighted by Crippen LogP contribution is -1.87. The highest BCUT2D eigenvalue weighted by Crippen LogP contribution is 2.25. The molecule has 0 saturated heterocycles. The van der Waals surface area contributed by atoms with E-state index in [1.54, 1.807) is 0 Å². The molecule has 0 saturated carbocycles. The summed E-state index contributed by atoms with van der Waals surface area (Å²) in [6.45, 7) is 5.84. The first-order valence-corrected chi connectivity index (χ1v) is 3.75. The van der Waals surface area contributed by atoms with Crippen molar-refractivity contribution < 1.29 is 4.52 Å². The summed E-state index contributed by atoms with van der Waals surface area (Å²) in [4.78, 5) is 0. The van der Waals surface area contributed by atoms with Gasteiger partial charge >= 0.3 is 0 Å². The number of thiol groups is 1. The molecule has 0 radical (unpaired) electrons. The standard InChI is InChI=1S/C7H11NOS/c1-4-7(6(3)10)5(2)9-8-4/h6,10H,1-3H3. The van der Waals surface area contributed by atoms with E-state index in [1.165, 1.54) is 0 Å². The smallest absolute Gasteiger partial charge is 0.138 e. The van der Waals surface area contributed by atoms with Crippen LogP contribution in [0.15, 0.2) is 4.52 Å². The van der Waals surface area contributed by atoms with E-state index >= 15 is 0 Å². The van der Waals surface area contributed by atoms with Gasteiger partial charge in [0.1, 0.15) is 5.76 Å². The maximum absolute atomic E-state index is 4.96. The fraction of sp³-hybridized carbons (Fsp3) is 0.571. The molecule has 1 aromatic heterocycles. The van der Waals surface area contributed by atoms with Gasteiger partial charge in [-0.25, -0.2) is 0 Å². The Morgan fingerprint density at radius 2 is 2.10 bits per heavy atom. The summed E-state index contributed by atoms with van der Waals surface area (Å²) in [5.74, 6) is 0.875. The average Bonchev–Trinajstić information content (AvgIpc) is 2.11. The van der Waals surface area contributed by atoms with E-state index in [4.69, 9.17) is 4.52 Å². The second kappa shape index (κ2) is 2.66. The second-order valence-electron chi connectivity index (χ2n) is 2.41. The van der Waals surface area contributed by atoms with Crippen LogP contribution in [0.2, 0.25) is 0 Å². The number of rotatable bonds is 1. The Kier molecular flexibility index (Phi) is 2.04. The van der Waals surface area contributed by atoms with Gasteiger partial charge in [-0.3, -0.25) is 0 Å². The van der Waals surface area contributed by atoms with Crippen molar-refractivity contribution in [1.29, 1.82) is 0 Å². The van der Waals surface area contributed by atoms with Gasteiger partial charge in [-0.2, -0.15) is 12.6 Å². The fourth-order valence-corrected chi connectivity index (χ4v) is 1.46. The van der Waals surface area contributed by atoms with E-state index in [1.807, 2.05) is 20.8 Å². The quantitative estimate of drug-likeness (QED) is 0.633. The minimum absolute atomic E-state index is 0.214. The third-order valence-corrected chi connectivity index (χ3v) is 1.76. The van der Waals surface area contributed by atoms with Crippen molar-refractivity contribution >= 4 is 12.6 Å². The van der Waals surface area contributed by atoms with Crippen molar-refractivity contribution in [3.8, 4) is 0 Å². The molecule has 2 nitrogen and oxygen atoms in total. The molecule has 1 aromatic rings. The summed E-state index contributed by atoms with van der Waals surface area (Å²) in [7, 11) is 0. The van der Waals surface area contributed by atoms with E-state index in [-0.39, 0.29) is 5.25 Å². The van der Waals surface area contributed by atoms with Gasteiger partial charge in [-0.05, 0) is 20.8 Å². The molecule has 56 valence electrons. The highest BCUT2D eigenvalue weighted by atomic mass is 32.1. The van der Waals surface area contributed by atoms with Gasteiger partial charge in [-0.15, -0.1) is 0 Å². The summed E-state index contributed by atoms with van der Waals surface area (Å²) < 4.78 is 4.96. The summed E-state index contributed by atoms with van der Waals surface area (Å²) in [5, 5.41) is 4.03. The zero-order valence-corrected chi connectivity index (χ0v) is 7.27. The van der Waals surface area contributed by atoms with Crippen LogP contribution in [0.4, 0.5) is 0 Å². The van der Waals surface area contributed by atoms with Crippen molar-refractivity contribution in [2.75, 3.05) is 0 Å². The van der Waals surface area contributed by atoms with Crippen LogP contribution in [0.25, 0.3) is 0 Å². The van der Waals surface area contributed by atoms with Crippen molar-refractivity contribution in [2.45, 2.75) is 26.0 Å². The van der Waals surface area contributed by atoms with Gasteiger partial charge in [-0.1, -0.05) is 5.16 Å². The first kappa shape index (κ1) is 7.66.